The number of rotatable bonds is 7. The number of hydrogen-bond donors (Lipinski definition) is 0. The summed E-state index contributed by atoms with van der Waals surface area (Å²) in [5, 5.41) is 2.16. The molecule has 1 heterocycles. The average Bonchev–Trinajstić information content (AvgIpc) is 3.57. The summed E-state index contributed by atoms with van der Waals surface area (Å²) in [7, 11) is 6.53. The van der Waals surface area contributed by atoms with E-state index >= 15 is 0 Å². The topological polar surface area (TPSA) is 17.8 Å². The molecule has 6 rings (SSSR count). The molecule has 0 atom stereocenters. The van der Waals surface area contributed by atoms with Crippen molar-refractivity contribution in [3.63, 3.8) is 0 Å². The highest BCUT2D eigenvalue weighted by molar-refractivity contribution is 6.57. The second kappa shape index (κ2) is 13.7. The van der Waals surface area contributed by atoms with Gasteiger partial charge in [0.15, 0.2) is 0 Å². The smallest absolute Gasteiger partial charge is 0.127 e. The molecule has 0 spiro atoms. The van der Waals surface area contributed by atoms with Crippen molar-refractivity contribution < 1.29 is 0 Å². The van der Waals surface area contributed by atoms with Gasteiger partial charge in [0, 0.05) is 22.4 Å². The Morgan fingerprint density at radius 3 is 1.56 bits per heavy atom. The van der Waals surface area contributed by atoms with Gasteiger partial charge in [-0.1, -0.05) is 144 Å². The lowest BCUT2D eigenvalue weighted by Crippen LogP contribution is -2.46. The van der Waals surface area contributed by atoms with Crippen LogP contribution >= 0.6 is 23.2 Å². The summed E-state index contributed by atoms with van der Waals surface area (Å²) >= 11 is 12.8. The molecule has 41 heavy (non-hydrogen) atoms. The highest BCUT2D eigenvalue weighted by Gasteiger charge is 2.37. The number of imidazole rings is 1. The van der Waals surface area contributed by atoms with E-state index in [0.717, 1.165) is 22.3 Å². The van der Waals surface area contributed by atoms with Crippen LogP contribution in [0.5, 0.6) is 0 Å². The molecule has 0 aliphatic carbocycles. The Balaban J connectivity index is 0.000000202. The molecule has 6 heteroatoms. The third-order valence-corrected chi connectivity index (χ3v) is 9.08. The summed E-state index contributed by atoms with van der Waals surface area (Å²) in [4.78, 5) is 4.33. The fourth-order valence-electron chi connectivity index (χ4n) is 4.80. The van der Waals surface area contributed by atoms with Crippen molar-refractivity contribution in [3.8, 4) is 0 Å². The standard InChI is InChI=1S/C22H16Cl2N2Si.C13H11B/c23-19-8-4-6-17(14-19)22(26-13-12-25-16-26,18-7-5-9-20(24)15-18)27-21-10-2-1-3-11-21;14-13(11-7-3-1-4-8-11)12-9-5-2-6-10-12/h1-16H;1-10,13H. The zero-order valence-electron chi connectivity index (χ0n) is 22.3. The average molecular weight is 585 g/mol. The minimum Gasteiger partial charge on any atom is -0.326 e. The van der Waals surface area contributed by atoms with E-state index in [1.807, 2.05) is 91.4 Å². The maximum absolute atomic E-state index is 6.39. The first-order valence-electron chi connectivity index (χ1n) is 13.3. The van der Waals surface area contributed by atoms with Gasteiger partial charge >= 0.3 is 0 Å². The molecule has 0 amide bonds. The SMILES string of the molecule is Clc1cccc(C([Si]c2ccccc2)(c2cccc(Cl)c2)n2ccnc2)c1.[B]C(c1ccccc1)c1ccccc1. The quantitative estimate of drug-likeness (QED) is 0.174. The van der Waals surface area contributed by atoms with Crippen molar-refractivity contribution in [3.05, 3.63) is 191 Å². The maximum atomic E-state index is 6.39. The third-order valence-electron chi connectivity index (χ3n) is 6.79. The van der Waals surface area contributed by atoms with E-state index in [9.17, 15) is 0 Å². The largest absolute Gasteiger partial charge is 0.326 e. The number of nitrogens with zero attached hydrogens (tertiary/aromatic N) is 2. The van der Waals surface area contributed by atoms with Gasteiger partial charge in [-0.2, -0.15) is 0 Å². The highest BCUT2D eigenvalue weighted by atomic mass is 35.5. The Morgan fingerprint density at radius 1 is 0.634 bits per heavy atom. The highest BCUT2D eigenvalue weighted by Crippen LogP contribution is 2.35. The zero-order valence-corrected chi connectivity index (χ0v) is 24.8. The van der Waals surface area contributed by atoms with Crippen LogP contribution in [0.25, 0.3) is 0 Å². The van der Waals surface area contributed by atoms with E-state index < -0.39 is 5.16 Å². The molecular weight excluding hydrogens is 558 g/mol. The molecule has 5 aromatic carbocycles. The van der Waals surface area contributed by atoms with E-state index in [-0.39, 0.29) is 5.82 Å². The van der Waals surface area contributed by atoms with Gasteiger partial charge in [0.2, 0.25) is 0 Å². The van der Waals surface area contributed by atoms with Gasteiger partial charge in [-0.3, -0.25) is 0 Å². The first kappa shape index (κ1) is 28.7. The van der Waals surface area contributed by atoms with Crippen LogP contribution in [0.15, 0.2) is 158 Å². The Kier molecular flexibility index (Phi) is 9.58. The Morgan fingerprint density at radius 2 is 1.12 bits per heavy atom. The summed E-state index contributed by atoms with van der Waals surface area (Å²) in [5.74, 6) is -0.0163. The number of benzene rings is 5. The normalized spacial score (nSPS) is 11.1. The fraction of sp³-hybridized carbons (Fsp3) is 0.0571. The molecule has 0 N–H and O–H groups in total. The number of halogens is 2. The summed E-state index contributed by atoms with van der Waals surface area (Å²) in [6, 6.07) is 46.8. The van der Waals surface area contributed by atoms with Crippen molar-refractivity contribution >= 4 is 45.8 Å². The van der Waals surface area contributed by atoms with Gasteiger partial charge in [-0.15, -0.1) is 0 Å². The van der Waals surface area contributed by atoms with Gasteiger partial charge in [-0.25, -0.2) is 4.98 Å². The lowest BCUT2D eigenvalue weighted by Gasteiger charge is -2.36. The minimum atomic E-state index is -0.492. The van der Waals surface area contributed by atoms with Gasteiger partial charge in [-0.05, 0) is 52.3 Å². The monoisotopic (exact) mass is 584 g/mol. The van der Waals surface area contributed by atoms with E-state index in [4.69, 9.17) is 31.0 Å². The Hall–Kier alpha value is -3.83. The molecule has 0 fully saturated rings. The van der Waals surface area contributed by atoms with Crippen molar-refractivity contribution in [1.82, 2.24) is 9.55 Å². The molecule has 6 aromatic rings. The van der Waals surface area contributed by atoms with E-state index in [0.29, 0.717) is 19.6 Å². The van der Waals surface area contributed by atoms with E-state index in [2.05, 4.69) is 70.2 Å². The summed E-state index contributed by atoms with van der Waals surface area (Å²) in [6.45, 7) is 0. The third kappa shape index (κ3) is 6.91. The summed E-state index contributed by atoms with van der Waals surface area (Å²) in [5.41, 5.74) is 4.49. The molecule has 2 nitrogen and oxygen atoms in total. The summed E-state index contributed by atoms with van der Waals surface area (Å²) in [6.07, 6.45) is 5.66. The molecule has 0 saturated carbocycles. The van der Waals surface area contributed by atoms with Crippen LogP contribution in [0.4, 0.5) is 0 Å². The van der Waals surface area contributed by atoms with Crippen LogP contribution in [0.2, 0.25) is 10.0 Å². The first-order valence-corrected chi connectivity index (χ1v) is 15.0. The van der Waals surface area contributed by atoms with Crippen LogP contribution < -0.4 is 5.19 Å². The predicted octanol–water partition coefficient (Wildman–Crippen LogP) is 7.91. The molecule has 0 aliphatic rings. The van der Waals surface area contributed by atoms with Crippen molar-refractivity contribution in [2.24, 2.45) is 0 Å². The lowest BCUT2D eigenvalue weighted by atomic mass is 9.76. The Labute approximate surface area is 255 Å². The molecule has 0 unspecified atom stereocenters. The van der Waals surface area contributed by atoms with Crippen LogP contribution in [0.3, 0.4) is 0 Å². The summed E-state index contributed by atoms with van der Waals surface area (Å²) < 4.78 is 2.15. The molecule has 0 bridgehead atoms. The van der Waals surface area contributed by atoms with Crippen LogP contribution in [-0.4, -0.2) is 26.9 Å². The zero-order chi connectivity index (χ0) is 28.5. The Bertz CT molecular complexity index is 1560. The van der Waals surface area contributed by atoms with Crippen LogP contribution in [-0.2, 0) is 5.16 Å². The van der Waals surface area contributed by atoms with Gasteiger partial charge in [0.05, 0.1) is 19.3 Å². The molecule has 0 saturated heterocycles. The van der Waals surface area contributed by atoms with Crippen LogP contribution in [0, 0.1) is 0 Å². The molecule has 4 radical (unpaired) electrons. The van der Waals surface area contributed by atoms with Gasteiger partial charge in [0.1, 0.15) is 9.52 Å². The van der Waals surface area contributed by atoms with Crippen molar-refractivity contribution in [2.45, 2.75) is 11.0 Å². The fourth-order valence-corrected chi connectivity index (χ4v) is 6.82. The second-order valence-corrected chi connectivity index (χ2v) is 11.9. The van der Waals surface area contributed by atoms with Crippen LogP contribution in [0.1, 0.15) is 28.1 Å². The van der Waals surface area contributed by atoms with Gasteiger partial charge < -0.3 is 4.57 Å². The molecular formula is C35H27BCl2N2Si. The number of aromatic nitrogens is 2. The molecule has 198 valence electrons. The predicted molar refractivity (Wildman–Crippen MR) is 174 cm³/mol. The van der Waals surface area contributed by atoms with Gasteiger partial charge in [0.25, 0.3) is 0 Å². The lowest BCUT2D eigenvalue weighted by molar-refractivity contribution is 0.596. The number of hydrogen-bond acceptors (Lipinski definition) is 1. The molecule has 0 aliphatic heterocycles. The van der Waals surface area contributed by atoms with E-state index in [1.165, 1.54) is 5.19 Å². The molecule has 1 aromatic heterocycles. The van der Waals surface area contributed by atoms with E-state index in [1.54, 1.807) is 6.20 Å². The van der Waals surface area contributed by atoms with Crippen molar-refractivity contribution in [2.75, 3.05) is 0 Å². The minimum absolute atomic E-state index is 0.0163. The van der Waals surface area contributed by atoms with Crippen molar-refractivity contribution in [1.29, 1.82) is 0 Å². The maximum Gasteiger partial charge on any atom is 0.127 e. The second-order valence-electron chi connectivity index (χ2n) is 9.49. The first-order chi connectivity index (χ1) is 20.1.